The van der Waals surface area contributed by atoms with E-state index in [2.05, 4.69) is 27.8 Å². The number of rotatable bonds is 5. The molecule has 1 fully saturated rings. The Bertz CT molecular complexity index is 371. The van der Waals surface area contributed by atoms with Crippen LogP contribution in [0.3, 0.4) is 0 Å². The van der Waals surface area contributed by atoms with E-state index >= 15 is 0 Å². The normalized spacial score (nSPS) is 25.2. The van der Waals surface area contributed by atoms with Crippen LogP contribution in [0.2, 0.25) is 0 Å². The highest BCUT2D eigenvalue weighted by atomic mass is 79.9. The lowest BCUT2D eigenvalue weighted by Gasteiger charge is -2.31. The molecule has 1 unspecified atom stereocenters. The van der Waals surface area contributed by atoms with E-state index in [1.165, 1.54) is 38.5 Å². The van der Waals surface area contributed by atoms with Gasteiger partial charge in [0.2, 0.25) is 0 Å². The minimum atomic E-state index is -0.226. The maximum Gasteiger partial charge on any atom is 0.0623 e. The summed E-state index contributed by atoms with van der Waals surface area (Å²) in [7, 11) is 0. The highest BCUT2D eigenvalue weighted by Gasteiger charge is 2.26. The molecule has 0 spiro atoms. The van der Waals surface area contributed by atoms with Gasteiger partial charge in [0.15, 0.2) is 0 Å². The summed E-state index contributed by atoms with van der Waals surface area (Å²) in [5, 5.41) is 10.4. The summed E-state index contributed by atoms with van der Waals surface area (Å²) < 4.78 is 0.991. The molecule has 0 amide bonds. The number of aliphatic hydroxyl groups excluding tert-OH is 1. The Morgan fingerprint density at radius 2 is 2.05 bits per heavy atom. The van der Waals surface area contributed by atoms with Crippen molar-refractivity contribution in [2.75, 3.05) is 0 Å². The van der Waals surface area contributed by atoms with Gasteiger partial charge in [0, 0.05) is 22.8 Å². The van der Waals surface area contributed by atoms with Crippen LogP contribution in [0.4, 0.5) is 0 Å². The first-order valence-electron chi connectivity index (χ1n) is 7.47. The van der Waals surface area contributed by atoms with E-state index in [1.54, 1.807) is 6.20 Å². The average molecular weight is 326 g/mol. The van der Waals surface area contributed by atoms with Gasteiger partial charge in [0.1, 0.15) is 0 Å². The third-order valence-electron chi connectivity index (χ3n) is 4.34. The van der Waals surface area contributed by atoms with Gasteiger partial charge in [-0.15, -0.1) is 0 Å². The maximum absolute atomic E-state index is 10.4. The first-order valence-corrected chi connectivity index (χ1v) is 8.26. The molecule has 0 aromatic carbocycles. The van der Waals surface area contributed by atoms with Crippen molar-refractivity contribution in [1.29, 1.82) is 0 Å². The number of halogens is 1. The molecule has 0 saturated heterocycles. The molecule has 106 valence electrons. The van der Waals surface area contributed by atoms with Crippen LogP contribution in [-0.2, 0) is 6.42 Å². The van der Waals surface area contributed by atoms with Gasteiger partial charge in [-0.3, -0.25) is 4.98 Å². The second-order valence-corrected chi connectivity index (χ2v) is 6.72. The Kier molecular flexibility index (Phi) is 5.83. The molecule has 2 rings (SSSR count). The molecule has 3 heteroatoms. The molecule has 1 heterocycles. The van der Waals surface area contributed by atoms with Crippen LogP contribution >= 0.6 is 15.9 Å². The second-order valence-electron chi connectivity index (χ2n) is 5.81. The van der Waals surface area contributed by atoms with Gasteiger partial charge in [0.05, 0.1) is 6.10 Å². The molecule has 0 aliphatic heterocycles. The van der Waals surface area contributed by atoms with Crippen molar-refractivity contribution in [2.24, 2.45) is 11.8 Å². The molecule has 1 saturated carbocycles. The molecule has 19 heavy (non-hydrogen) atoms. The van der Waals surface area contributed by atoms with Crippen molar-refractivity contribution in [3.05, 3.63) is 28.5 Å². The lowest BCUT2D eigenvalue weighted by Crippen LogP contribution is -2.27. The summed E-state index contributed by atoms with van der Waals surface area (Å²) in [6.07, 6.45) is 9.88. The van der Waals surface area contributed by atoms with Crippen molar-refractivity contribution in [2.45, 2.75) is 58.0 Å². The monoisotopic (exact) mass is 325 g/mol. The molecule has 1 aliphatic carbocycles. The number of pyridine rings is 1. The smallest absolute Gasteiger partial charge is 0.0623 e. The van der Waals surface area contributed by atoms with E-state index in [0.717, 1.165) is 16.1 Å². The van der Waals surface area contributed by atoms with Gasteiger partial charge in [-0.2, -0.15) is 0 Å². The Hall–Kier alpha value is -0.410. The lowest BCUT2D eigenvalue weighted by atomic mass is 9.77. The largest absolute Gasteiger partial charge is 0.392 e. The lowest BCUT2D eigenvalue weighted by molar-refractivity contribution is 0.0721. The van der Waals surface area contributed by atoms with Crippen LogP contribution in [0.5, 0.6) is 0 Å². The Morgan fingerprint density at radius 3 is 2.63 bits per heavy atom. The Balaban J connectivity index is 1.81. The number of aliphatic hydroxyl groups is 1. The fourth-order valence-corrected chi connectivity index (χ4v) is 3.41. The quantitative estimate of drug-likeness (QED) is 0.872. The summed E-state index contributed by atoms with van der Waals surface area (Å²) in [6.45, 7) is 2.26. The van der Waals surface area contributed by atoms with Gasteiger partial charge in [0.25, 0.3) is 0 Å². The molecule has 0 radical (unpaired) electrons. The average Bonchev–Trinajstić information content (AvgIpc) is 2.42. The number of nitrogens with zero attached hydrogens (tertiary/aromatic N) is 1. The predicted molar refractivity (Wildman–Crippen MR) is 82.0 cm³/mol. The molecule has 1 atom stereocenters. The number of hydrogen-bond acceptors (Lipinski definition) is 2. The van der Waals surface area contributed by atoms with Crippen LogP contribution in [0.1, 0.15) is 51.1 Å². The molecule has 1 N–H and O–H groups in total. The molecule has 1 aliphatic rings. The minimum Gasteiger partial charge on any atom is -0.392 e. The van der Waals surface area contributed by atoms with Crippen LogP contribution in [0.15, 0.2) is 22.8 Å². The van der Waals surface area contributed by atoms with E-state index in [0.29, 0.717) is 12.3 Å². The molecule has 1 aromatic rings. The van der Waals surface area contributed by atoms with Gasteiger partial charge < -0.3 is 5.11 Å². The zero-order valence-electron chi connectivity index (χ0n) is 11.7. The Labute approximate surface area is 124 Å². The van der Waals surface area contributed by atoms with Crippen LogP contribution in [0.25, 0.3) is 0 Å². The summed E-state index contributed by atoms with van der Waals surface area (Å²) in [6, 6.07) is 3.99. The number of aromatic nitrogens is 1. The maximum atomic E-state index is 10.4. The topological polar surface area (TPSA) is 33.1 Å². The summed E-state index contributed by atoms with van der Waals surface area (Å²) in [5.41, 5.74) is 0.992. The molecule has 1 aromatic heterocycles. The van der Waals surface area contributed by atoms with Crippen LogP contribution in [-0.4, -0.2) is 16.2 Å². The predicted octanol–water partition coefficient (Wildman–Crippen LogP) is 4.35. The van der Waals surface area contributed by atoms with E-state index < -0.39 is 0 Å². The molecule has 0 bridgehead atoms. The SMILES string of the molecule is CCCC1CCC(C(O)Cc2ccc(Br)cn2)CC1. The minimum absolute atomic E-state index is 0.226. The van der Waals surface area contributed by atoms with E-state index in [4.69, 9.17) is 0 Å². The number of hydrogen-bond donors (Lipinski definition) is 1. The molecular weight excluding hydrogens is 302 g/mol. The highest BCUT2D eigenvalue weighted by molar-refractivity contribution is 9.10. The fraction of sp³-hybridized carbons (Fsp3) is 0.688. The van der Waals surface area contributed by atoms with Gasteiger partial charge in [-0.05, 0) is 52.7 Å². The highest BCUT2D eigenvalue weighted by Crippen LogP contribution is 2.33. The second kappa shape index (κ2) is 7.39. The first kappa shape index (κ1) is 15.0. The summed E-state index contributed by atoms with van der Waals surface area (Å²) in [5.74, 6) is 1.37. The summed E-state index contributed by atoms with van der Waals surface area (Å²) >= 11 is 3.38. The van der Waals surface area contributed by atoms with Crippen molar-refractivity contribution < 1.29 is 5.11 Å². The third-order valence-corrected chi connectivity index (χ3v) is 4.81. The van der Waals surface area contributed by atoms with Crippen molar-refractivity contribution in [3.8, 4) is 0 Å². The van der Waals surface area contributed by atoms with Gasteiger partial charge in [-0.25, -0.2) is 0 Å². The zero-order chi connectivity index (χ0) is 13.7. The van der Waals surface area contributed by atoms with Crippen molar-refractivity contribution in [3.63, 3.8) is 0 Å². The van der Waals surface area contributed by atoms with Gasteiger partial charge in [-0.1, -0.05) is 32.6 Å². The Morgan fingerprint density at radius 1 is 1.32 bits per heavy atom. The van der Waals surface area contributed by atoms with Gasteiger partial charge >= 0.3 is 0 Å². The molecule has 2 nitrogen and oxygen atoms in total. The van der Waals surface area contributed by atoms with E-state index in [1.807, 2.05) is 12.1 Å². The van der Waals surface area contributed by atoms with E-state index in [-0.39, 0.29) is 6.10 Å². The van der Waals surface area contributed by atoms with Crippen LogP contribution in [0, 0.1) is 11.8 Å². The fourth-order valence-electron chi connectivity index (χ4n) is 3.18. The standard InChI is InChI=1S/C16H24BrNO/c1-2-3-12-4-6-13(7-5-12)16(19)10-15-9-8-14(17)11-18-15/h8-9,11-13,16,19H,2-7,10H2,1H3. The first-order chi connectivity index (χ1) is 9.19. The zero-order valence-corrected chi connectivity index (χ0v) is 13.3. The van der Waals surface area contributed by atoms with Crippen molar-refractivity contribution in [1.82, 2.24) is 4.98 Å². The van der Waals surface area contributed by atoms with Crippen molar-refractivity contribution >= 4 is 15.9 Å². The third kappa shape index (κ3) is 4.57. The van der Waals surface area contributed by atoms with Crippen LogP contribution < -0.4 is 0 Å². The summed E-state index contributed by atoms with van der Waals surface area (Å²) in [4.78, 5) is 4.35. The molecular formula is C16H24BrNO. The van der Waals surface area contributed by atoms with E-state index in [9.17, 15) is 5.11 Å².